The number of likely N-dealkylation sites (N-methyl/N-ethyl adjacent to an activating group) is 1. The summed E-state index contributed by atoms with van der Waals surface area (Å²) in [6.07, 6.45) is 3.47. The minimum absolute atomic E-state index is 0.0437. The Balaban J connectivity index is 1.85. The molecule has 7 heteroatoms. The topological polar surface area (TPSA) is 51.8 Å². The number of carbonyl (C=O) groups excluding carboxylic acids is 1. The monoisotopic (exact) mass is 405 g/mol. The van der Waals surface area contributed by atoms with Crippen LogP contribution in [0.15, 0.2) is 36.5 Å². The van der Waals surface area contributed by atoms with Gasteiger partial charge in [0.2, 0.25) is 0 Å². The van der Waals surface area contributed by atoms with Crippen molar-refractivity contribution in [2.75, 3.05) is 26.7 Å². The first kappa shape index (κ1) is 20.8. The Kier molecular flexibility index (Phi) is 7.10. The second-order valence-electron chi connectivity index (χ2n) is 7.44. The largest absolute Gasteiger partial charge is 0.367 e. The van der Waals surface area contributed by atoms with Gasteiger partial charge in [0.05, 0.1) is 31.2 Å². The third-order valence-electron chi connectivity index (χ3n) is 5.59. The predicted molar refractivity (Wildman–Crippen MR) is 109 cm³/mol. The van der Waals surface area contributed by atoms with Crippen LogP contribution in [0.5, 0.6) is 0 Å². The number of ether oxygens (including phenoxy) is 1. The minimum atomic E-state index is -0.629. The molecule has 3 rings (SSSR count). The van der Waals surface area contributed by atoms with Gasteiger partial charge in [0.1, 0.15) is 11.7 Å². The van der Waals surface area contributed by atoms with E-state index in [1.807, 2.05) is 42.3 Å². The molecular weight excluding hydrogens is 376 g/mol. The fourth-order valence-corrected chi connectivity index (χ4v) is 4.37. The van der Waals surface area contributed by atoms with Crippen LogP contribution in [0.3, 0.4) is 0 Å². The van der Waals surface area contributed by atoms with Crippen molar-refractivity contribution < 1.29 is 14.4 Å². The summed E-state index contributed by atoms with van der Waals surface area (Å²) in [5.41, 5.74) is 1.58. The van der Waals surface area contributed by atoms with Crippen LogP contribution >= 0.6 is 11.6 Å². The summed E-state index contributed by atoms with van der Waals surface area (Å²) in [5, 5.41) is 5.03. The van der Waals surface area contributed by atoms with Crippen molar-refractivity contribution in [3.8, 4) is 0 Å². The number of likely N-dealkylation sites (tertiary alicyclic amines) is 1. The zero-order valence-electron chi connectivity index (χ0n) is 16.9. The van der Waals surface area contributed by atoms with Crippen molar-refractivity contribution in [1.82, 2.24) is 14.7 Å². The third kappa shape index (κ3) is 4.74. The van der Waals surface area contributed by atoms with Crippen LogP contribution in [0.1, 0.15) is 37.1 Å². The van der Waals surface area contributed by atoms with Crippen LogP contribution in [-0.4, -0.2) is 53.4 Å². The van der Waals surface area contributed by atoms with Gasteiger partial charge in [-0.2, -0.15) is 5.10 Å². The first-order chi connectivity index (χ1) is 13.5. The standard InChI is InChI=1S/C21H29ClN4O2/c1-4-25-12-8-11-17(25)13-26(15-19-18(22)14-24(2)23-19)21(27)20(28-3)16-9-6-5-7-10-16/h5-7,9-10,14,17,20H,4,8,11-13,15H2,1-3H3/p+1/t17-,20+/m0/s1. The number of quaternary nitrogens is 1. The van der Waals surface area contributed by atoms with Gasteiger partial charge in [0.25, 0.3) is 5.91 Å². The summed E-state index contributed by atoms with van der Waals surface area (Å²) in [6.45, 7) is 5.51. The first-order valence-electron chi connectivity index (χ1n) is 9.92. The highest BCUT2D eigenvalue weighted by atomic mass is 35.5. The molecule has 1 aliphatic heterocycles. The number of methoxy groups -OCH3 is 1. The maximum atomic E-state index is 13.5. The molecule has 1 aliphatic rings. The Morgan fingerprint density at radius 2 is 2.18 bits per heavy atom. The van der Waals surface area contributed by atoms with Gasteiger partial charge < -0.3 is 14.5 Å². The number of aromatic nitrogens is 2. The molecule has 1 aromatic carbocycles. The summed E-state index contributed by atoms with van der Waals surface area (Å²) >= 11 is 6.34. The van der Waals surface area contributed by atoms with E-state index in [1.54, 1.807) is 22.9 Å². The average Bonchev–Trinajstić information content (AvgIpc) is 3.27. The zero-order valence-corrected chi connectivity index (χ0v) is 17.7. The van der Waals surface area contributed by atoms with Crippen molar-refractivity contribution >= 4 is 17.5 Å². The molecule has 1 amide bonds. The van der Waals surface area contributed by atoms with Gasteiger partial charge in [-0.25, -0.2) is 0 Å². The Bertz CT molecular complexity index is 780. The number of hydrogen-bond acceptors (Lipinski definition) is 3. The molecule has 0 radical (unpaired) electrons. The van der Waals surface area contributed by atoms with E-state index in [1.165, 1.54) is 13.0 Å². The number of benzene rings is 1. The molecule has 28 heavy (non-hydrogen) atoms. The highest BCUT2D eigenvalue weighted by Crippen LogP contribution is 2.23. The van der Waals surface area contributed by atoms with Crippen LogP contribution in [0.25, 0.3) is 0 Å². The Morgan fingerprint density at radius 1 is 1.43 bits per heavy atom. The quantitative estimate of drug-likeness (QED) is 0.729. The number of halogens is 1. The predicted octanol–water partition coefficient (Wildman–Crippen LogP) is 1.86. The minimum Gasteiger partial charge on any atom is -0.367 e. The van der Waals surface area contributed by atoms with E-state index in [0.29, 0.717) is 24.2 Å². The van der Waals surface area contributed by atoms with Crippen LogP contribution in [0, 0.1) is 0 Å². The van der Waals surface area contributed by atoms with Crippen molar-refractivity contribution in [3.05, 3.63) is 52.8 Å². The van der Waals surface area contributed by atoms with Crippen molar-refractivity contribution in [3.63, 3.8) is 0 Å². The number of aryl methyl sites for hydroxylation is 1. The smallest absolute Gasteiger partial charge is 0.256 e. The van der Waals surface area contributed by atoms with E-state index in [0.717, 1.165) is 24.2 Å². The fraction of sp³-hybridized carbons (Fsp3) is 0.524. The van der Waals surface area contributed by atoms with E-state index in [4.69, 9.17) is 16.3 Å². The highest BCUT2D eigenvalue weighted by molar-refractivity contribution is 6.31. The van der Waals surface area contributed by atoms with Gasteiger partial charge in [0, 0.05) is 33.2 Å². The molecule has 1 aromatic heterocycles. The third-order valence-corrected chi connectivity index (χ3v) is 5.91. The van der Waals surface area contributed by atoms with Gasteiger partial charge in [-0.1, -0.05) is 41.9 Å². The van der Waals surface area contributed by atoms with E-state index < -0.39 is 6.10 Å². The molecule has 1 saturated heterocycles. The second kappa shape index (κ2) is 9.54. The van der Waals surface area contributed by atoms with E-state index in [2.05, 4.69) is 12.0 Å². The molecule has 2 aromatic rings. The fourth-order valence-electron chi connectivity index (χ4n) is 4.13. The normalized spacial score (nSPS) is 20.3. The Labute approximate surface area is 172 Å². The lowest BCUT2D eigenvalue weighted by molar-refractivity contribution is -0.909. The number of hydrogen-bond donors (Lipinski definition) is 1. The molecule has 1 unspecified atom stereocenters. The number of amides is 1. The molecule has 3 atom stereocenters. The molecule has 1 N–H and O–H groups in total. The number of nitrogens with zero attached hydrogens (tertiary/aromatic N) is 3. The molecule has 0 bridgehead atoms. The van der Waals surface area contributed by atoms with Gasteiger partial charge >= 0.3 is 0 Å². The zero-order chi connectivity index (χ0) is 20.1. The highest BCUT2D eigenvalue weighted by Gasteiger charge is 2.34. The average molecular weight is 406 g/mol. The van der Waals surface area contributed by atoms with Crippen LogP contribution in [0.2, 0.25) is 5.02 Å². The molecule has 0 aliphatic carbocycles. The summed E-state index contributed by atoms with van der Waals surface area (Å²) in [5.74, 6) is -0.0437. The Hall–Kier alpha value is -1.89. The van der Waals surface area contributed by atoms with E-state index in [-0.39, 0.29) is 5.91 Å². The number of rotatable bonds is 8. The van der Waals surface area contributed by atoms with Gasteiger partial charge in [-0.3, -0.25) is 9.48 Å². The molecule has 0 spiro atoms. The van der Waals surface area contributed by atoms with Crippen molar-refractivity contribution in [1.29, 1.82) is 0 Å². The summed E-state index contributed by atoms with van der Waals surface area (Å²) in [7, 11) is 3.42. The van der Waals surface area contributed by atoms with E-state index >= 15 is 0 Å². The van der Waals surface area contributed by atoms with Crippen LogP contribution in [-0.2, 0) is 23.1 Å². The number of nitrogens with one attached hydrogen (secondary N) is 1. The summed E-state index contributed by atoms with van der Waals surface area (Å²) in [6, 6.07) is 10.1. The molecule has 1 fully saturated rings. The molecule has 0 saturated carbocycles. The molecule has 6 nitrogen and oxygen atoms in total. The SMILES string of the molecule is CC[NH+]1CCC[C@H]1CN(Cc1nn(C)cc1Cl)C(=O)[C@H](OC)c1ccccc1. The second-order valence-corrected chi connectivity index (χ2v) is 7.85. The Morgan fingerprint density at radius 3 is 2.79 bits per heavy atom. The maximum Gasteiger partial charge on any atom is 0.256 e. The summed E-state index contributed by atoms with van der Waals surface area (Å²) in [4.78, 5) is 16.9. The summed E-state index contributed by atoms with van der Waals surface area (Å²) < 4.78 is 7.30. The van der Waals surface area contributed by atoms with Gasteiger partial charge in [-0.15, -0.1) is 0 Å². The molecule has 152 valence electrons. The van der Waals surface area contributed by atoms with Crippen LogP contribution < -0.4 is 4.90 Å². The van der Waals surface area contributed by atoms with Crippen LogP contribution in [0.4, 0.5) is 0 Å². The molecule has 2 heterocycles. The number of carbonyl (C=O) groups is 1. The van der Waals surface area contributed by atoms with Gasteiger partial charge in [0.15, 0.2) is 6.10 Å². The lowest BCUT2D eigenvalue weighted by Gasteiger charge is -2.30. The lowest BCUT2D eigenvalue weighted by atomic mass is 10.1. The van der Waals surface area contributed by atoms with Crippen molar-refractivity contribution in [2.45, 2.75) is 38.5 Å². The molecular formula is C21H30ClN4O2+. The van der Waals surface area contributed by atoms with Gasteiger partial charge in [-0.05, 0) is 12.5 Å². The lowest BCUT2D eigenvalue weighted by Crippen LogP contribution is -3.14. The first-order valence-corrected chi connectivity index (χ1v) is 10.3. The van der Waals surface area contributed by atoms with Crippen molar-refractivity contribution in [2.24, 2.45) is 7.05 Å². The van der Waals surface area contributed by atoms with E-state index in [9.17, 15) is 4.79 Å². The maximum absolute atomic E-state index is 13.5.